The highest BCUT2D eigenvalue weighted by molar-refractivity contribution is 7.16. The number of amides is 1. The number of carbonyl (C=O) groups excluding carboxylic acids is 1. The van der Waals surface area contributed by atoms with Gasteiger partial charge < -0.3 is 9.73 Å². The first-order valence-electron chi connectivity index (χ1n) is 9.03. The summed E-state index contributed by atoms with van der Waals surface area (Å²) in [6.45, 7) is 2.01. The highest BCUT2D eigenvalue weighted by atomic mass is 32.1. The lowest BCUT2D eigenvalue weighted by molar-refractivity contribution is 0.0997. The highest BCUT2D eigenvalue weighted by Crippen LogP contribution is 2.37. The zero-order chi connectivity index (χ0) is 19.0. The van der Waals surface area contributed by atoms with Gasteiger partial charge in [0.25, 0.3) is 5.91 Å². The van der Waals surface area contributed by atoms with E-state index >= 15 is 0 Å². The van der Waals surface area contributed by atoms with E-state index in [9.17, 15) is 14.9 Å². The maximum atomic E-state index is 12.7. The topological polar surface area (TPSA) is 83.1 Å². The van der Waals surface area contributed by atoms with Crippen LogP contribution >= 0.6 is 11.3 Å². The van der Waals surface area contributed by atoms with Crippen molar-refractivity contribution >= 4 is 33.2 Å². The van der Waals surface area contributed by atoms with Crippen molar-refractivity contribution in [3.8, 4) is 6.07 Å². The van der Waals surface area contributed by atoms with Gasteiger partial charge in [-0.05, 0) is 55.4 Å². The van der Waals surface area contributed by atoms with Crippen molar-refractivity contribution in [1.29, 1.82) is 5.26 Å². The molecule has 0 atom stereocenters. The van der Waals surface area contributed by atoms with Crippen LogP contribution in [0.2, 0.25) is 0 Å². The number of hydrogen-bond donors (Lipinski definition) is 1. The van der Waals surface area contributed by atoms with E-state index in [1.54, 1.807) is 12.1 Å². The standard InChI is InChI=1S/C21H18N2O3S/c1-2-12-7-8-17-14(9-12)16(24)10-18(26-17)20(25)23-21-15(11-22)13-5-3-4-6-19(13)27-21/h7-10H,2-6H2,1H3,(H,23,25). The monoisotopic (exact) mass is 378 g/mol. The lowest BCUT2D eigenvalue weighted by Crippen LogP contribution is -2.15. The molecular weight excluding hydrogens is 360 g/mol. The number of carbonyl (C=O) groups is 1. The average molecular weight is 378 g/mol. The van der Waals surface area contributed by atoms with Crippen LogP contribution in [0.5, 0.6) is 0 Å². The molecule has 1 aromatic carbocycles. The number of thiophene rings is 1. The van der Waals surface area contributed by atoms with Gasteiger partial charge >= 0.3 is 0 Å². The summed E-state index contributed by atoms with van der Waals surface area (Å²) in [7, 11) is 0. The van der Waals surface area contributed by atoms with Crippen LogP contribution < -0.4 is 10.7 Å². The minimum atomic E-state index is -0.510. The molecular formula is C21H18N2O3S. The number of rotatable bonds is 3. The molecule has 1 aliphatic carbocycles. The molecule has 0 radical (unpaired) electrons. The van der Waals surface area contributed by atoms with E-state index in [4.69, 9.17) is 4.42 Å². The second-order valence-corrected chi connectivity index (χ2v) is 7.75. The molecule has 3 aromatic rings. The van der Waals surface area contributed by atoms with Gasteiger partial charge in [-0.3, -0.25) is 9.59 Å². The van der Waals surface area contributed by atoms with E-state index < -0.39 is 5.91 Å². The predicted octanol–water partition coefficient (Wildman–Crippen LogP) is 4.42. The third kappa shape index (κ3) is 3.15. The quantitative estimate of drug-likeness (QED) is 0.731. The van der Waals surface area contributed by atoms with Gasteiger partial charge in [0.15, 0.2) is 11.2 Å². The summed E-state index contributed by atoms with van der Waals surface area (Å²) in [6, 6.07) is 8.83. The number of nitrogens with one attached hydrogen (secondary N) is 1. The first-order chi connectivity index (χ1) is 13.1. The molecule has 2 aromatic heterocycles. The third-order valence-electron chi connectivity index (χ3n) is 4.93. The van der Waals surface area contributed by atoms with E-state index in [0.29, 0.717) is 21.5 Å². The Labute approximate surface area is 160 Å². The van der Waals surface area contributed by atoms with Crippen LogP contribution in [0.4, 0.5) is 5.00 Å². The van der Waals surface area contributed by atoms with Crippen LogP contribution in [0.25, 0.3) is 11.0 Å². The van der Waals surface area contributed by atoms with Crippen LogP contribution in [0.3, 0.4) is 0 Å². The van der Waals surface area contributed by atoms with Crippen molar-refractivity contribution in [1.82, 2.24) is 0 Å². The van der Waals surface area contributed by atoms with E-state index in [2.05, 4.69) is 11.4 Å². The molecule has 1 amide bonds. The number of benzene rings is 1. The van der Waals surface area contributed by atoms with Gasteiger partial charge in [-0.2, -0.15) is 5.26 Å². The number of nitriles is 1. The van der Waals surface area contributed by atoms with Gasteiger partial charge in [0, 0.05) is 10.9 Å². The Morgan fingerprint density at radius 3 is 2.89 bits per heavy atom. The smallest absolute Gasteiger partial charge is 0.292 e. The van der Waals surface area contributed by atoms with Crippen LogP contribution in [0.1, 0.15) is 51.9 Å². The molecule has 0 saturated heterocycles. The second kappa shape index (κ2) is 7.01. The molecule has 136 valence electrons. The van der Waals surface area contributed by atoms with Crippen LogP contribution in [-0.4, -0.2) is 5.91 Å². The fraction of sp³-hybridized carbons (Fsp3) is 0.286. The van der Waals surface area contributed by atoms with E-state index in [-0.39, 0.29) is 11.2 Å². The SMILES string of the molecule is CCc1ccc2oc(C(=O)Nc3sc4c(c3C#N)CCCC4)cc(=O)c2c1. The lowest BCUT2D eigenvalue weighted by atomic mass is 9.96. The summed E-state index contributed by atoms with van der Waals surface area (Å²) in [5, 5.41) is 13.3. The van der Waals surface area contributed by atoms with Gasteiger partial charge in [-0.1, -0.05) is 13.0 Å². The molecule has 1 aliphatic rings. The van der Waals surface area contributed by atoms with Crippen molar-refractivity contribution in [2.24, 2.45) is 0 Å². The highest BCUT2D eigenvalue weighted by Gasteiger charge is 2.23. The van der Waals surface area contributed by atoms with Crippen molar-refractivity contribution < 1.29 is 9.21 Å². The summed E-state index contributed by atoms with van der Waals surface area (Å²) in [6.07, 6.45) is 4.79. The Balaban J connectivity index is 1.69. The zero-order valence-corrected chi connectivity index (χ0v) is 15.7. The summed E-state index contributed by atoms with van der Waals surface area (Å²) >= 11 is 1.45. The Morgan fingerprint density at radius 2 is 2.11 bits per heavy atom. The van der Waals surface area contributed by atoms with Gasteiger partial charge in [-0.15, -0.1) is 11.3 Å². The number of anilines is 1. The predicted molar refractivity (Wildman–Crippen MR) is 105 cm³/mol. The normalized spacial score (nSPS) is 13.2. The minimum absolute atomic E-state index is 0.0491. The zero-order valence-electron chi connectivity index (χ0n) is 14.9. The number of hydrogen-bond acceptors (Lipinski definition) is 5. The summed E-state index contributed by atoms with van der Waals surface area (Å²) in [5.74, 6) is -0.560. The minimum Gasteiger partial charge on any atom is -0.451 e. The molecule has 0 saturated carbocycles. The second-order valence-electron chi connectivity index (χ2n) is 6.64. The average Bonchev–Trinajstić information content (AvgIpc) is 3.04. The number of aryl methyl sites for hydroxylation is 2. The molecule has 0 fully saturated rings. The maximum absolute atomic E-state index is 12.7. The number of nitrogens with zero attached hydrogens (tertiary/aromatic N) is 1. The fourth-order valence-electron chi connectivity index (χ4n) is 3.47. The van der Waals surface area contributed by atoms with Crippen LogP contribution in [-0.2, 0) is 19.3 Å². The van der Waals surface area contributed by atoms with Crippen LogP contribution in [0, 0.1) is 11.3 Å². The Bertz CT molecular complexity index is 1150. The van der Waals surface area contributed by atoms with E-state index in [1.165, 1.54) is 22.3 Å². The molecule has 2 heterocycles. The van der Waals surface area contributed by atoms with Crippen molar-refractivity contribution in [2.75, 3.05) is 5.32 Å². The van der Waals surface area contributed by atoms with Gasteiger partial charge in [0.05, 0.1) is 10.9 Å². The molecule has 1 N–H and O–H groups in total. The molecule has 4 rings (SSSR count). The van der Waals surface area contributed by atoms with Crippen molar-refractivity contribution in [2.45, 2.75) is 39.0 Å². The molecule has 6 heteroatoms. The number of fused-ring (bicyclic) bond motifs is 2. The molecule has 5 nitrogen and oxygen atoms in total. The third-order valence-corrected chi connectivity index (χ3v) is 6.14. The molecule has 27 heavy (non-hydrogen) atoms. The molecule has 0 aliphatic heterocycles. The summed E-state index contributed by atoms with van der Waals surface area (Å²) in [5.41, 5.74) is 2.77. The Morgan fingerprint density at radius 1 is 1.30 bits per heavy atom. The molecule has 0 spiro atoms. The van der Waals surface area contributed by atoms with Crippen molar-refractivity contribution in [3.05, 3.63) is 61.8 Å². The van der Waals surface area contributed by atoms with Crippen LogP contribution in [0.15, 0.2) is 33.5 Å². The summed E-state index contributed by atoms with van der Waals surface area (Å²) in [4.78, 5) is 26.3. The van der Waals surface area contributed by atoms with E-state index in [0.717, 1.165) is 43.2 Å². The Hall–Kier alpha value is -2.91. The van der Waals surface area contributed by atoms with Gasteiger partial charge in [0.2, 0.25) is 0 Å². The molecule has 0 unspecified atom stereocenters. The fourth-order valence-corrected chi connectivity index (χ4v) is 4.71. The summed E-state index contributed by atoms with van der Waals surface area (Å²) < 4.78 is 5.66. The largest absolute Gasteiger partial charge is 0.451 e. The van der Waals surface area contributed by atoms with Gasteiger partial charge in [0.1, 0.15) is 16.7 Å². The maximum Gasteiger partial charge on any atom is 0.292 e. The first-order valence-corrected chi connectivity index (χ1v) is 9.85. The van der Waals surface area contributed by atoms with E-state index in [1.807, 2.05) is 13.0 Å². The van der Waals surface area contributed by atoms with Gasteiger partial charge in [-0.25, -0.2) is 0 Å². The first kappa shape index (κ1) is 17.5. The van der Waals surface area contributed by atoms with Crippen molar-refractivity contribution in [3.63, 3.8) is 0 Å². The molecule has 0 bridgehead atoms. The Kier molecular flexibility index (Phi) is 4.54. The lowest BCUT2D eigenvalue weighted by Gasteiger charge is -2.09.